The molecule has 3 rings (SSSR count). The summed E-state index contributed by atoms with van der Waals surface area (Å²) in [5.74, 6) is -0.772. The van der Waals surface area contributed by atoms with Crippen LogP contribution in [0.2, 0.25) is 0 Å². The Kier molecular flexibility index (Phi) is 1.61. The molecule has 0 aromatic heterocycles. The van der Waals surface area contributed by atoms with Crippen LogP contribution in [0.4, 0.5) is 13.2 Å². The van der Waals surface area contributed by atoms with E-state index in [0.717, 1.165) is 6.42 Å². The van der Waals surface area contributed by atoms with E-state index in [0.29, 0.717) is 5.92 Å². The highest BCUT2D eigenvalue weighted by atomic mass is 19.4. The molecule has 3 fully saturated rings. The Labute approximate surface area is 76.5 Å². The predicted molar refractivity (Wildman–Crippen MR) is 44.1 cm³/mol. The van der Waals surface area contributed by atoms with Gasteiger partial charge >= 0.3 is 6.18 Å². The molecule has 0 N–H and O–H groups in total. The molecule has 0 aromatic rings. The van der Waals surface area contributed by atoms with Gasteiger partial charge in [-0.25, -0.2) is 0 Å². The van der Waals surface area contributed by atoms with Crippen molar-refractivity contribution in [3.05, 3.63) is 0 Å². The fourth-order valence-corrected chi connectivity index (χ4v) is 3.22. The quantitative estimate of drug-likeness (QED) is 0.551. The van der Waals surface area contributed by atoms with Gasteiger partial charge in [-0.1, -0.05) is 20.8 Å². The Morgan fingerprint density at radius 1 is 0.923 bits per heavy atom. The fraction of sp³-hybridized carbons (Fsp3) is 1.00. The third-order valence-electron chi connectivity index (χ3n) is 3.77. The van der Waals surface area contributed by atoms with E-state index in [1.54, 1.807) is 0 Å². The molecule has 0 nitrogen and oxygen atoms in total. The lowest BCUT2D eigenvalue weighted by Crippen LogP contribution is -2.67. The lowest BCUT2D eigenvalue weighted by Gasteiger charge is -2.69. The van der Waals surface area contributed by atoms with Gasteiger partial charge in [0.1, 0.15) is 0 Å². The number of alkyl halides is 3. The van der Waals surface area contributed by atoms with Gasteiger partial charge in [0.2, 0.25) is 0 Å². The van der Waals surface area contributed by atoms with E-state index in [4.69, 9.17) is 0 Å². The molecular formula is C10H15F3. The van der Waals surface area contributed by atoms with Crippen LogP contribution in [0.25, 0.3) is 0 Å². The van der Waals surface area contributed by atoms with Gasteiger partial charge in [-0.05, 0) is 29.6 Å². The van der Waals surface area contributed by atoms with E-state index in [1.165, 1.54) is 0 Å². The van der Waals surface area contributed by atoms with Crippen LogP contribution in [0.3, 0.4) is 0 Å². The van der Waals surface area contributed by atoms with E-state index in [-0.39, 0.29) is 17.3 Å². The lowest BCUT2D eigenvalue weighted by molar-refractivity contribution is -0.331. The number of rotatable bonds is 0. The highest BCUT2D eigenvalue weighted by Gasteiger charge is 2.72. The summed E-state index contributed by atoms with van der Waals surface area (Å²) < 4.78 is 37.0. The maximum atomic E-state index is 12.3. The topological polar surface area (TPSA) is 0 Å². The Hall–Kier alpha value is -0.210. The summed E-state index contributed by atoms with van der Waals surface area (Å²) in [7, 11) is 0. The SMILES string of the molecule is CC(C)(C)C1C2CC1C2C(F)(F)F. The Balaban J connectivity index is 2.02. The molecule has 2 atom stereocenters. The molecule has 0 aliphatic heterocycles. The first-order valence-corrected chi connectivity index (χ1v) is 4.79. The van der Waals surface area contributed by atoms with Gasteiger partial charge in [-0.2, -0.15) is 13.2 Å². The van der Waals surface area contributed by atoms with Crippen molar-refractivity contribution < 1.29 is 13.2 Å². The molecule has 0 amide bonds. The van der Waals surface area contributed by atoms with Crippen molar-refractivity contribution in [3.8, 4) is 0 Å². The van der Waals surface area contributed by atoms with Crippen LogP contribution in [0.5, 0.6) is 0 Å². The summed E-state index contributed by atoms with van der Waals surface area (Å²) in [5.41, 5.74) is 0.0648. The van der Waals surface area contributed by atoms with Gasteiger partial charge in [0.25, 0.3) is 0 Å². The van der Waals surface area contributed by atoms with Crippen molar-refractivity contribution >= 4 is 0 Å². The Morgan fingerprint density at radius 3 is 1.62 bits per heavy atom. The van der Waals surface area contributed by atoms with Crippen LogP contribution in [0, 0.1) is 29.1 Å². The van der Waals surface area contributed by atoms with Crippen LogP contribution >= 0.6 is 0 Å². The van der Waals surface area contributed by atoms with Gasteiger partial charge in [0.15, 0.2) is 0 Å². The van der Waals surface area contributed by atoms with Gasteiger partial charge < -0.3 is 0 Å². The molecule has 3 aliphatic carbocycles. The normalized spacial score (nSPS) is 43.8. The summed E-state index contributed by atoms with van der Waals surface area (Å²) >= 11 is 0. The Bertz CT molecular complexity index is 191. The zero-order valence-corrected chi connectivity index (χ0v) is 8.15. The average Bonchev–Trinajstić information content (AvgIpc) is 1.38. The van der Waals surface area contributed by atoms with Crippen molar-refractivity contribution in [1.82, 2.24) is 0 Å². The van der Waals surface area contributed by atoms with Crippen LogP contribution < -0.4 is 0 Å². The lowest BCUT2D eigenvalue weighted by atomic mass is 9.36. The molecule has 3 saturated carbocycles. The van der Waals surface area contributed by atoms with Crippen molar-refractivity contribution in [1.29, 1.82) is 0 Å². The molecule has 0 heterocycles. The minimum atomic E-state index is -3.94. The maximum absolute atomic E-state index is 12.3. The van der Waals surface area contributed by atoms with Crippen molar-refractivity contribution in [2.45, 2.75) is 33.4 Å². The number of halogens is 3. The number of hydrogen-bond acceptors (Lipinski definition) is 0. The highest BCUT2D eigenvalue weighted by Crippen LogP contribution is 2.72. The summed E-state index contributed by atoms with van der Waals surface area (Å²) in [6, 6.07) is 0. The molecule has 0 radical (unpaired) electrons. The van der Waals surface area contributed by atoms with Crippen molar-refractivity contribution in [2.75, 3.05) is 0 Å². The standard InChI is InChI=1S/C10H15F3/c1-9(2,3)7-5-4-6(7)8(5)10(11,12)13/h5-8H,4H2,1-3H3. The van der Waals surface area contributed by atoms with Gasteiger partial charge in [-0.15, -0.1) is 0 Å². The van der Waals surface area contributed by atoms with E-state index >= 15 is 0 Å². The van der Waals surface area contributed by atoms with Crippen LogP contribution in [-0.2, 0) is 0 Å². The fourth-order valence-electron chi connectivity index (χ4n) is 3.22. The van der Waals surface area contributed by atoms with Crippen LogP contribution in [0.15, 0.2) is 0 Å². The second-order valence-electron chi connectivity index (χ2n) is 5.52. The smallest absolute Gasteiger partial charge is 0.171 e. The van der Waals surface area contributed by atoms with Gasteiger partial charge in [-0.3, -0.25) is 0 Å². The first-order chi connectivity index (χ1) is 5.73. The first-order valence-electron chi connectivity index (χ1n) is 4.79. The zero-order valence-electron chi connectivity index (χ0n) is 8.15. The monoisotopic (exact) mass is 192 g/mol. The molecule has 13 heavy (non-hydrogen) atoms. The minimum Gasteiger partial charge on any atom is -0.171 e. The molecule has 0 saturated heterocycles. The predicted octanol–water partition coefficient (Wildman–Crippen LogP) is 3.48. The summed E-state index contributed by atoms with van der Waals surface area (Å²) in [4.78, 5) is 0. The van der Waals surface area contributed by atoms with E-state index in [2.05, 4.69) is 0 Å². The third kappa shape index (κ3) is 1.12. The summed E-state index contributed by atoms with van der Waals surface area (Å²) in [6.07, 6.45) is -3.12. The maximum Gasteiger partial charge on any atom is 0.392 e. The molecule has 2 unspecified atom stereocenters. The van der Waals surface area contributed by atoms with E-state index < -0.39 is 12.1 Å². The molecule has 76 valence electrons. The van der Waals surface area contributed by atoms with Gasteiger partial charge in [0, 0.05) is 0 Å². The molecule has 0 spiro atoms. The van der Waals surface area contributed by atoms with Crippen LogP contribution in [-0.4, -0.2) is 6.18 Å². The highest BCUT2D eigenvalue weighted by molar-refractivity contribution is 5.13. The molecular weight excluding hydrogens is 177 g/mol. The Morgan fingerprint density at radius 2 is 1.38 bits per heavy atom. The average molecular weight is 192 g/mol. The summed E-state index contributed by atoms with van der Waals surface area (Å²) in [5, 5.41) is 0. The van der Waals surface area contributed by atoms with E-state index in [9.17, 15) is 13.2 Å². The molecule has 3 heteroatoms. The van der Waals surface area contributed by atoms with Crippen molar-refractivity contribution in [2.24, 2.45) is 29.1 Å². The third-order valence-corrected chi connectivity index (χ3v) is 3.77. The largest absolute Gasteiger partial charge is 0.392 e. The second kappa shape index (κ2) is 2.23. The first kappa shape index (κ1) is 9.35. The zero-order chi connectivity index (χ0) is 10.0. The molecule has 3 aliphatic rings. The number of hydrogen-bond donors (Lipinski definition) is 0. The summed E-state index contributed by atoms with van der Waals surface area (Å²) in [6.45, 7) is 6.14. The van der Waals surface area contributed by atoms with Gasteiger partial charge in [0.05, 0.1) is 5.92 Å². The second-order valence-corrected chi connectivity index (χ2v) is 5.52. The van der Waals surface area contributed by atoms with E-state index in [1.807, 2.05) is 20.8 Å². The molecule has 0 aromatic carbocycles. The van der Waals surface area contributed by atoms with Crippen molar-refractivity contribution in [3.63, 3.8) is 0 Å². The van der Waals surface area contributed by atoms with Crippen LogP contribution in [0.1, 0.15) is 27.2 Å². The molecule has 2 bridgehead atoms. The minimum absolute atomic E-state index is 0.0648.